The first-order valence-corrected chi connectivity index (χ1v) is 8.23. The molecule has 98 valence electrons. The summed E-state index contributed by atoms with van der Waals surface area (Å²) in [5.74, 6) is -0.173. The molecule has 0 aliphatic heterocycles. The van der Waals surface area contributed by atoms with Gasteiger partial charge in [-0.15, -0.1) is 0 Å². The maximum atomic E-state index is 12.2. The van der Waals surface area contributed by atoms with Gasteiger partial charge in [0.15, 0.2) is 0 Å². The summed E-state index contributed by atoms with van der Waals surface area (Å²) in [5, 5.41) is 3.46. The lowest BCUT2D eigenvalue weighted by Gasteiger charge is -2.09. The Kier molecular flexibility index (Phi) is 5.28. The van der Waals surface area contributed by atoms with Gasteiger partial charge in [0.05, 0.1) is 11.3 Å². The Morgan fingerprint density at radius 3 is 2.53 bits per heavy atom. The second-order valence-electron chi connectivity index (χ2n) is 3.70. The molecule has 2 nitrogen and oxygen atoms in total. The minimum Gasteiger partial charge on any atom is -0.321 e. The van der Waals surface area contributed by atoms with Crippen LogP contribution in [-0.2, 0) is 0 Å². The molecule has 0 radical (unpaired) electrons. The third-order valence-corrected chi connectivity index (χ3v) is 4.61. The van der Waals surface area contributed by atoms with E-state index in [1.807, 2.05) is 18.2 Å². The number of rotatable bonds is 2. The standard InChI is InChI=1S/C13H7Br2ClINO/c14-10-3-2-8(17)6-9(10)13(19)18-12-4-1-7(16)5-11(12)15/h1-6H,(H,18,19). The van der Waals surface area contributed by atoms with Crippen LogP contribution in [-0.4, -0.2) is 5.91 Å². The monoisotopic (exact) mass is 513 g/mol. The van der Waals surface area contributed by atoms with E-state index in [1.54, 1.807) is 18.2 Å². The van der Waals surface area contributed by atoms with E-state index in [0.717, 1.165) is 12.5 Å². The summed E-state index contributed by atoms with van der Waals surface area (Å²) in [7, 11) is 0. The molecule has 2 rings (SSSR count). The number of hydrogen-bond acceptors (Lipinski definition) is 1. The lowest BCUT2D eigenvalue weighted by atomic mass is 10.2. The Morgan fingerprint density at radius 2 is 1.84 bits per heavy atom. The molecule has 0 aliphatic rings. The molecule has 2 aromatic rings. The fourth-order valence-corrected chi connectivity index (χ4v) is 3.15. The first-order chi connectivity index (χ1) is 8.97. The van der Waals surface area contributed by atoms with Gasteiger partial charge < -0.3 is 5.32 Å². The lowest BCUT2D eigenvalue weighted by Crippen LogP contribution is -2.13. The van der Waals surface area contributed by atoms with Crippen LogP contribution < -0.4 is 5.32 Å². The number of hydrogen-bond donors (Lipinski definition) is 1. The van der Waals surface area contributed by atoms with Crippen molar-refractivity contribution in [2.45, 2.75) is 0 Å². The van der Waals surface area contributed by atoms with Crippen molar-refractivity contribution in [2.75, 3.05) is 5.32 Å². The van der Waals surface area contributed by atoms with Gasteiger partial charge in [-0.2, -0.15) is 0 Å². The van der Waals surface area contributed by atoms with Crippen LogP contribution in [0.25, 0.3) is 0 Å². The lowest BCUT2D eigenvalue weighted by molar-refractivity contribution is 0.102. The van der Waals surface area contributed by atoms with Crippen molar-refractivity contribution in [1.82, 2.24) is 0 Å². The summed E-state index contributed by atoms with van der Waals surface area (Å²) < 4.78 is 2.51. The van der Waals surface area contributed by atoms with Crippen molar-refractivity contribution < 1.29 is 4.79 Å². The first kappa shape index (κ1) is 15.3. The molecule has 0 unspecified atom stereocenters. The molecule has 1 N–H and O–H groups in total. The predicted molar refractivity (Wildman–Crippen MR) is 94.0 cm³/mol. The van der Waals surface area contributed by atoms with Gasteiger partial charge in [0.2, 0.25) is 0 Å². The summed E-state index contributed by atoms with van der Waals surface area (Å²) in [5.41, 5.74) is 1.27. The molecule has 2 aromatic carbocycles. The van der Waals surface area contributed by atoms with Crippen LogP contribution in [0.15, 0.2) is 45.3 Å². The van der Waals surface area contributed by atoms with Crippen molar-refractivity contribution in [3.63, 3.8) is 0 Å². The van der Waals surface area contributed by atoms with Crippen LogP contribution in [0.4, 0.5) is 5.69 Å². The molecule has 19 heavy (non-hydrogen) atoms. The van der Waals surface area contributed by atoms with Crippen LogP contribution in [0.3, 0.4) is 0 Å². The van der Waals surface area contributed by atoms with E-state index in [9.17, 15) is 4.79 Å². The molecule has 0 bridgehead atoms. The van der Waals surface area contributed by atoms with E-state index in [-0.39, 0.29) is 5.91 Å². The van der Waals surface area contributed by atoms with E-state index in [1.165, 1.54) is 0 Å². The molecule has 0 atom stereocenters. The van der Waals surface area contributed by atoms with E-state index in [4.69, 9.17) is 11.6 Å². The van der Waals surface area contributed by atoms with Gasteiger partial charge in [-0.1, -0.05) is 11.6 Å². The molecule has 0 fully saturated rings. The zero-order valence-corrected chi connectivity index (χ0v) is 15.5. The number of carbonyl (C=O) groups is 1. The Bertz CT molecular complexity index is 649. The number of carbonyl (C=O) groups excluding carboxylic acids is 1. The highest BCUT2D eigenvalue weighted by Gasteiger charge is 2.12. The predicted octanol–water partition coefficient (Wildman–Crippen LogP) is 5.72. The average Bonchev–Trinajstić information content (AvgIpc) is 2.35. The normalized spacial score (nSPS) is 10.3. The van der Waals surface area contributed by atoms with Gasteiger partial charge >= 0.3 is 0 Å². The van der Waals surface area contributed by atoms with Crippen LogP contribution in [0.2, 0.25) is 5.02 Å². The minimum atomic E-state index is -0.173. The van der Waals surface area contributed by atoms with Crippen LogP contribution in [0, 0.1) is 3.57 Å². The van der Waals surface area contributed by atoms with Crippen molar-refractivity contribution >= 4 is 77.6 Å². The largest absolute Gasteiger partial charge is 0.321 e. The molecule has 0 aliphatic carbocycles. The fraction of sp³-hybridized carbons (Fsp3) is 0. The van der Waals surface area contributed by atoms with E-state index >= 15 is 0 Å². The van der Waals surface area contributed by atoms with Gasteiger partial charge in [0.1, 0.15) is 0 Å². The van der Waals surface area contributed by atoms with Gasteiger partial charge in [-0.25, -0.2) is 0 Å². The second-order valence-corrected chi connectivity index (χ2v) is 7.09. The van der Waals surface area contributed by atoms with E-state index in [2.05, 4.69) is 59.8 Å². The van der Waals surface area contributed by atoms with Crippen LogP contribution in [0.5, 0.6) is 0 Å². The van der Waals surface area contributed by atoms with Crippen LogP contribution in [0.1, 0.15) is 10.4 Å². The molecular weight excluding hydrogens is 508 g/mol. The smallest absolute Gasteiger partial charge is 0.256 e. The second kappa shape index (κ2) is 6.56. The third-order valence-electron chi connectivity index (χ3n) is 2.35. The number of nitrogens with one attached hydrogen (secondary N) is 1. The molecule has 0 saturated heterocycles. The summed E-state index contributed by atoms with van der Waals surface area (Å²) >= 11 is 14.8. The molecule has 0 spiro atoms. The van der Waals surface area contributed by atoms with Crippen molar-refractivity contribution in [3.05, 3.63) is 59.5 Å². The first-order valence-electron chi connectivity index (χ1n) is 5.19. The Labute approximate surface area is 146 Å². The highest BCUT2D eigenvalue weighted by Crippen LogP contribution is 2.27. The average molecular weight is 515 g/mol. The van der Waals surface area contributed by atoms with Crippen molar-refractivity contribution in [1.29, 1.82) is 0 Å². The Balaban J connectivity index is 2.28. The molecular formula is C13H7Br2ClINO. The highest BCUT2D eigenvalue weighted by atomic mass is 127. The molecule has 0 saturated carbocycles. The van der Waals surface area contributed by atoms with Crippen LogP contribution >= 0.6 is 66.1 Å². The topological polar surface area (TPSA) is 29.1 Å². The zero-order chi connectivity index (χ0) is 14.0. The highest BCUT2D eigenvalue weighted by molar-refractivity contribution is 14.1. The minimum absolute atomic E-state index is 0.173. The van der Waals surface area contributed by atoms with Gasteiger partial charge in [0, 0.05) is 17.5 Å². The van der Waals surface area contributed by atoms with Gasteiger partial charge in [-0.05, 0) is 90.8 Å². The maximum Gasteiger partial charge on any atom is 0.256 e. The van der Waals surface area contributed by atoms with Gasteiger partial charge in [-0.3, -0.25) is 4.79 Å². The summed E-state index contributed by atoms with van der Waals surface area (Å²) in [6.45, 7) is 0. The molecule has 0 heterocycles. The van der Waals surface area contributed by atoms with Crippen molar-refractivity contribution in [2.24, 2.45) is 0 Å². The fourth-order valence-electron chi connectivity index (χ4n) is 1.45. The SMILES string of the molecule is O=C(Nc1ccc(Cl)cc1Br)c1cc(I)ccc1Br. The number of anilines is 1. The number of benzene rings is 2. The quantitative estimate of drug-likeness (QED) is 0.510. The van der Waals surface area contributed by atoms with E-state index < -0.39 is 0 Å². The number of halogens is 4. The zero-order valence-electron chi connectivity index (χ0n) is 9.38. The number of amides is 1. The van der Waals surface area contributed by atoms with Gasteiger partial charge in [0.25, 0.3) is 5.91 Å². The summed E-state index contributed by atoms with van der Waals surface area (Å²) in [6, 6.07) is 10.8. The maximum absolute atomic E-state index is 12.2. The van der Waals surface area contributed by atoms with Crippen molar-refractivity contribution in [3.8, 4) is 0 Å². The summed E-state index contributed by atoms with van der Waals surface area (Å²) in [4.78, 5) is 12.2. The van der Waals surface area contributed by atoms with E-state index in [0.29, 0.717) is 16.3 Å². The Hall–Kier alpha value is -0.110. The Morgan fingerprint density at radius 1 is 1.11 bits per heavy atom. The third kappa shape index (κ3) is 3.93. The molecule has 1 amide bonds. The molecule has 6 heteroatoms. The summed E-state index contributed by atoms with van der Waals surface area (Å²) in [6.07, 6.45) is 0. The molecule has 0 aromatic heterocycles.